The number of piperidine rings is 1. The van der Waals surface area contributed by atoms with Crippen molar-refractivity contribution in [1.29, 1.82) is 0 Å². The predicted molar refractivity (Wildman–Crippen MR) is 84.4 cm³/mol. The van der Waals surface area contributed by atoms with Crippen molar-refractivity contribution in [3.8, 4) is 11.3 Å². The fourth-order valence-electron chi connectivity index (χ4n) is 2.25. The maximum atomic E-state index is 5.68. The second-order valence-corrected chi connectivity index (χ2v) is 5.23. The molecule has 3 rings (SSSR count). The zero-order valence-corrected chi connectivity index (χ0v) is 12.3. The van der Waals surface area contributed by atoms with Crippen molar-refractivity contribution >= 4 is 5.82 Å². The summed E-state index contributed by atoms with van der Waals surface area (Å²) in [4.78, 5) is 14.3. The summed E-state index contributed by atoms with van der Waals surface area (Å²) in [6.07, 6.45) is 9.10. The number of nitrogens with two attached hydrogens (primary N) is 2. The quantitative estimate of drug-likeness (QED) is 0.817. The van der Waals surface area contributed by atoms with Crippen molar-refractivity contribution in [2.24, 2.45) is 5.73 Å². The molecule has 2 aromatic heterocycles. The molecular weight excluding hydrogens is 264 g/mol. The molecule has 4 N–H and O–H groups in total. The monoisotopic (exact) mass is 286 g/mol. The van der Waals surface area contributed by atoms with Gasteiger partial charge in [0.05, 0.1) is 18.1 Å². The Balaban J connectivity index is 0.000000173. The van der Waals surface area contributed by atoms with Crippen molar-refractivity contribution < 1.29 is 0 Å². The molecule has 1 aliphatic heterocycles. The molecule has 1 aliphatic rings. The standard InChI is InChI=1S/C9H8N4.C6H14N2/c10-9-6-12-5-8(13-9)7-1-3-11-4-2-7;1-8-4-2-3-6(7)5-8/h1-6H,(H2,10,13);6H,2-5,7H2,1H3. The first-order valence-electron chi connectivity index (χ1n) is 7.07. The molecule has 0 bridgehead atoms. The van der Waals surface area contributed by atoms with E-state index < -0.39 is 0 Å². The second kappa shape index (κ2) is 7.66. The minimum Gasteiger partial charge on any atom is -0.382 e. The number of anilines is 1. The minimum atomic E-state index is 0.425. The van der Waals surface area contributed by atoms with E-state index in [0.29, 0.717) is 11.9 Å². The average Bonchev–Trinajstić information content (AvgIpc) is 2.49. The van der Waals surface area contributed by atoms with Crippen LogP contribution in [-0.4, -0.2) is 46.0 Å². The van der Waals surface area contributed by atoms with Crippen LogP contribution in [0.1, 0.15) is 12.8 Å². The fraction of sp³-hybridized carbons (Fsp3) is 0.400. The molecule has 0 aliphatic carbocycles. The molecule has 112 valence electrons. The molecular formula is C15H22N6. The highest BCUT2D eigenvalue weighted by Gasteiger charge is 2.11. The minimum absolute atomic E-state index is 0.425. The Bertz CT molecular complexity index is 537. The predicted octanol–water partition coefficient (Wildman–Crippen LogP) is 1.16. The van der Waals surface area contributed by atoms with E-state index in [-0.39, 0.29) is 0 Å². The molecule has 6 heteroatoms. The number of likely N-dealkylation sites (tertiary alicyclic amines) is 1. The lowest BCUT2D eigenvalue weighted by Crippen LogP contribution is -2.40. The van der Waals surface area contributed by atoms with Gasteiger partial charge in [-0.1, -0.05) is 0 Å². The van der Waals surface area contributed by atoms with E-state index in [1.54, 1.807) is 18.6 Å². The Hall–Kier alpha value is -2.05. The largest absolute Gasteiger partial charge is 0.382 e. The summed E-state index contributed by atoms with van der Waals surface area (Å²) in [6.45, 7) is 2.31. The van der Waals surface area contributed by atoms with Crippen molar-refractivity contribution in [3.05, 3.63) is 36.9 Å². The molecule has 1 atom stereocenters. The van der Waals surface area contributed by atoms with Crippen LogP contribution >= 0.6 is 0 Å². The number of nitrogen functional groups attached to an aromatic ring is 1. The van der Waals surface area contributed by atoms with Gasteiger partial charge in [0.25, 0.3) is 0 Å². The maximum Gasteiger partial charge on any atom is 0.142 e. The third-order valence-corrected chi connectivity index (χ3v) is 3.29. The van der Waals surface area contributed by atoms with Crippen LogP contribution in [0.4, 0.5) is 5.82 Å². The summed E-state index contributed by atoms with van der Waals surface area (Å²) in [5.74, 6) is 0.425. The third-order valence-electron chi connectivity index (χ3n) is 3.29. The summed E-state index contributed by atoms with van der Waals surface area (Å²) in [7, 11) is 2.12. The molecule has 0 radical (unpaired) electrons. The van der Waals surface area contributed by atoms with Crippen molar-refractivity contribution in [1.82, 2.24) is 19.9 Å². The van der Waals surface area contributed by atoms with Gasteiger partial charge >= 0.3 is 0 Å². The zero-order chi connectivity index (χ0) is 15.1. The van der Waals surface area contributed by atoms with Gasteiger partial charge in [-0.3, -0.25) is 9.97 Å². The molecule has 0 spiro atoms. The van der Waals surface area contributed by atoms with E-state index in [1.807, 2.05) is 12.1 Å². The molecule has 1 fully saturated rings. The Morgan fingerprint density at radius 3 is 2.52 bits per heavy atom. The highest BCUT2D eigenvalue weighted by atomic mass is 15.1. The first kappa shape index (κ1) is 15.3. The third kappa shape index (κ3) is 5.09. The molecule has 3 heterocycles. The lowest BCUT2D eigenvalue weighted by molar-refractivity contribution is 0.252. The summed E-state index contributed by atoms with van der Waals surface area (Å²) in [5, 5.41) is 0. The van der Waals surface area contributed by atoms with Gasteiger partial charge in [-0.05, 0) is 38.6 Å². The molecule has 1 saturated heterocycles. The first-order chi connectivity index (χ1) is 10.1. The van der Waals surface area contributed by atoms with Gasteiger partial charge < -0.3 is 16.4 Å². The van der Waals surface area contributed by atoms with Crippen LogP contribution in [0, 0.1) is 0 Å². The Labute approximate surface area is 125 Å². The molecule has 2 aromatic rings. The van der Waals surface area contributed by atoms with Crippen LogP contribution in [0.15, 0.2) is 36.9 Å². The summed E-state index contributed by atoms with van der Waals surface area (Å²) in [6, 6.07) is 4.17. The summed E-state index contributed by atoms with van der Waals surface area (Å²) in [5.41, 5.74) is 12.9. The molecule has 21 heavy (non-hydrogen) atoms. The van der Waals surface area contributed by atoms with Gasteiger partial charge in [-0.15, -0.1) is 0 Å². The average molecular weight is 286 g/mol. The Morgan fingerprint density at radius 1 is 1.19 bits per heavy atom. The van der Waals surface area contributed by atoms with Crippen molar-refractivity contribution in [3.63, 3.8) is 0 Å². The topological polar surface area (TPSA) is 94.0 Å². The molecule has 0 amide bonds. The maximum absolute atomic E-state index is 5.68. The van der Waals surface area contributed by atoms with Gasteiger partial charge in [0, 0.05) is 30.5 Å². The van der Waals surface area contributed by atoms with Gasteiger partial charge in [-0.25, -0.2) is 4.98 Å². The van der Waals surface area contributed by atoms with Crippen LogP contribution in [0.5, 0.6) is 0 Å². The fourth-order valence-corrected chi connectivity index (χ4v) is 2.25. The first-order valence-corrected chi connectivity index (χ1v) is 7.07. The molecule has 6 nitrogen and oxygen atoms in total. The molecule has 0 saturated carbocycles. The number of nitrogens with zero attached hydrogens (tertiary/aromatic N) is 4. The highest BCUT2D eigenvalue weighted by Crippen LogP contribution is 2.14. The molecule has 0 aromatic carbocycles. The van der Waals surface area contributed by atoms with E-state index in [4.69, 9.17) is 11.5 Å². The van der Waals surface area contributed by atoms with Crippen LogP contribution in [-0.2, 0) is 0 Å². The van der Waals surface area contributed by atoms with Gasteiger partial charge in [0.2, 0.25) is 0 Å². The summed E-state index contributed by atoms with van der Waals surface area (Å²) >= 11 is 0. The number of aromatic nitrogens is 3. The lowest BCUT2D eigenvalue weighted by atomic mass is 10.1. The smallest absolute Gasteiger partial charge is 0.142 e. The normalized spacial score (nSPS) is 18.7. The second-order valence-electron chi connectivity index (χ2n) is 5.23. The van der Waals surface area contributed by atoms with Crippen LogP contribution in [0.25, 0.3) is 11.3 Å². The van der Waals surface area contributed by atoms with Crippen molar-refractivity contribution in [2.45, 2.75) is 18.9 Å². The summed E-state index contributed by atoms with van der Waals surface area (Å²) < 4.78 is 0. The highest BCUT2D eigenvalue weighted by molar-refractivity contribution is 5.58. The lowest BCUT2D eigenvalue weighted by Gasteiger charge is -2.26. The zero-order valence-electron chi connectivity index (χ0n) is 12.3. The Kier molecular flexibility index (Phi) is 5.59. The number of likely N-dealkylation sites (N-methyl/N-ethyl adjacent to an activating group) is 1. The van der Waals surface area contributed by atoms with E-state index in [9.17, 15) is 0 Å². The van der Waals surface area contributed by atoms with Gasteiger partial charge in [-0.2, -0.15) is 0 Å². The van der Waals surface area contributed by atoms with Crippen LogP contribution < -0.4 is 11.5 Å². The number of hydrogen-bond acceptors (Lipinski definition) is 6. The van der Waals surface area contributed by atoms with Crippen molar-refractivity contribution in [2.75, 3.05) is 25.9 Å². The van der Waals surface area contributed by atoms with E-state index >= 15 is 0 Å². The number of rotatable bonds is 1. The number of pyridine rings is 1. The SMILES string of the molecule is CN1CCCC(N)C1.Nc1cncc(-c2ccncc2)n1. The van der Waals surface area contributed by atoms with E-state index in [0.717, 1.165) is 17.8 Å². The van der Waals surface area contributed by atoms with Crippen LogP contribution in [0.2, 0.25) is 0 Å². The van der Waals surface area contributed by atoms with Gasteiger partial charge in [0.15, 0.2) is 0 Å². The Morgan fingerprint density at radius 2 is 1.95 bits per heavy atom. The number of hydrogen-bond donors (Lipinski definition) is 2. The van der Waals surface area contributed by atoms with E-state index in [2.05, 4.69) is 26.9 Å². The molecule has 1 unspecified atom stereocenters. The van der Waals surface area contributed by atoms with Crippen LogP contribution in [0.3, 0.4) is 0 Å². The van der Waals surface area contributed by atoms with Gasteiger partial charge in [0.1, 0.15) is 5.82 Å². The van der Waals surface area contributed by atoms with E-state index in [1.165, 1.54) is 25.6 Å².